The molecule has 0 unspecified atom stereocenters. The van der Waals surface area contributed by atoms with Gasteiger partial charge in [0.05, 0.1) is 12.1 Å². The smallest absolute Gasteiger partial charge is 0.325 e. The van der Waals surface area contributed by atoms with Crippen molar-refractivity contribution in [2.24, 2.45) is 0 Å². The Morgan fingerprint density at radius 2 is 2.05 bits per heavy atom. The quantitative estimate of drug-likeness (QED) is 0.882. The third-order valence-corrected chi connectivity index (χ3v) is 3.60. The van der Waals surface area contributed by atoms with Crippen molar-refractivity contribution in [2.75, 3.05) is 0 Å². The molecule has 5 nitrogen and oxygen atoms in total. The van der Waals surface area contributed by atoms with E-state index in [4.69, 9.17) is 5.11 Å². The summed E-state index contributed by atoms with van der Waals surface area (Å²) in [4.78, 5) is 26.7. The molecule has 104 valence electrons. The molecule has 1 aromatic carbocycles. The summed E-state index contributed by atoms with van der Waals surface area (Å²) >= 11 is 1.46. The maximum atomic E-state index is 11.7. The van der Waals surface area contributed by atoms with Crippen molar-refractivity contribution >= 4 is 23.2 Å². The second-order valence-electron chi connectivity index (χ2n) is 4.31. The minimum atomic E-state index is -1.05. The summed E-state index contributed by atoms with van der Waals surface area (Å²) in [7, 11) is 0. The van der Waals surface area contributed by atoms with Gasteiger partial charge in [-0.25, -0.2) is 4.98 Å². The van der Waals surface area contributed by atoms with Crippen LogP contribution in [0.3, 0.4) is 0 Å². The topological polar surface area (TPSA) is 79.3 Å². The Balaban J connectivity index is 2.00. The summed E-state index contributed by atoms with van der Waals surface area (Å²) in [6.07, 6.45) is 0.0843. The van der Waals surface area contributed by atoms with Crippen LogP contribution in [0.2, 0.25) is 0 Å². The minimum absolute atomic E-state index is 0.0843. The molecular weight excluding hydrogens is 276 g/mol. The van der Waals surface area contributed by atoms with Crippen LogP contribution in [0.15, 0.2) is 35.7 Å². The van der Waals surface area contributed by atoms with E-state index in [9.17, 15) is 9.59 Å². The molecule has 0 aliphatic rings. The fourth-order valence-corrected chi connectivity index (χ4v) is 2.45. The number of nitrogens with zero attached hydrogens (tertiary/aromatic N) is 1. The Bertz CT molecular complexity index is 610. The monoisotopic (exact) mass is 290 g/mol. The van der Waals surface area contributed by atoms with Crippen molar-refractivity contribution in [2.45, 2.75) is 19.4 Å². The molecule has 2 rings (SSSR count). The average molecular weight is 290 g/mol. The van der Waals surface area contributed by atoms with Crippen molar-refractivity contribution in [1.82, 2.24) is 10.3 Å². The number of rotatable bonds is 5. The molecule has 0 saturated heterocycles. The van der Waals surface area contributed by atoms with Gasteiger partial charge in [0.15, 0.2) is 0 Å². The molecule has 0 fully saturated rings. The lowest BCUT2D eigenvalue weighted by Crippen LogP contribution is -2.39. The summed E-state index contributed by atoms with van der Waals surface area (Å²) in [5, 5.41) is 13.8. The van der Waals surface area contributed by atoms with Gasteiger partial charge < -0.3 is 10.4 Å². The van der Waals surface area contributed by atoms with E-state index in [2.05, 4.69) is 10.3 Å². The number of aliphatic carboxylic acids is 1. The third-order valence-electron chi connectivity index (χ3n) is 2.66. The maximum absolute atomic E-state index is 11.7. The van der Waals surface area contributed by atoms with E-state index < -0.39 is 12.0 Å². The van der Waals surface area contributed by atoms with Crippen molar-refractivity contribution < 1.29 is 14.7 Å². The number of benzene rings is 1. The van der Waals surface area contributed by atoms with Crippen molar-refractivity contribution in [3.05, 3.63) is 41.4 Å². The van der Waals surface area contributed by atoms with E-state index in [0.29, 0.717) is 5.69 Å². The molecule has 1 heterocycles. The van der Waals surface area contributed by atoms with Gasteiger partial charge in [-0.3, -0.25) is 9.59 Å². The van der Waals surface area contributed by atoms with Crippen LogP contribution < -0.4 is 5.32 Å². The van der Waals surface area contributed by atoms with Gasteiger partial charge >= 0.3 is 5.97 Å². The van der Waals surface area contributed by atoms with Gasteiger partial charge in [0, 0.05) is 10.9 Å². The Hall–Kier alpha value is -2.21. The Labute approximate surface area is 120 Å². The average Bonchev–Trinajstić information content (AvgIpc) is 2.88. The van der Waals surface area contributed by atoms with Crippen LogP contribution in [0, 0.1) is 0 Å². The van der Waals surface area contributed by atoms with Crippen LogP contribution in [0.5, 0.6) is 0 Å². The number of carboxylic acid groups (broad SMARTS) is 1. The number of carboxylic acids is 1. The number of carbonyl (C=O) groups is 2. The molecule has 1 aromatic heterocycles. The van der Waals surface area contributed by atoms with Crippen LogP contribution in [0.4, 0.5) is 0 Å². The van der Waals surface area contributed by atoms with E-state index in [1.54, 1.807) is 0 Å². The van der Waals surface area contributed by atoms with Crippen LogP contribution >= 0.6 is 11.3 Å². The predicted molar refractivity (Wildman–Crippen MR) is 76.5 cm³/mol. The van der Waals surface area contributed by atoms with Gasteiger partial charge in [0.1, 0.15) is 11.0 Å². The molecule has 1 atom stereocenters. The van der Waals surface area contributed by atoms with Gasteiger partial charge in [0.2, 0.25) is 5.91 Å². The van der Waals surface area contributed by atoms with Gasteiger partial charge in [-0.15, -0.1) is 11.3 Å². The van der Waals surface area contributed by atoms with E-state index >= 15 is 0 Å². The Morgan fingerprint density at radius 1 is 1.35 bits per heavy atom. The first kappa shape index (κ1) is 14.2. The number of amides is 1. The lowest BCUT2D eigenvalue weighted by Gasteiger charge is -2.07. The first-order valence-electron chi connectivity index (χ1n) is 6.08. The third kappa shape index (κ3) is 3.64. The van der Waals surface area contributed by atoms with Crippen molar-refractivity contribution in [1.29, 1.82) is 0 Å². The molecule has 2 aromatic rings. The highest BCUT2D eigenvalue weighted by Gasteiger charge is 2.15. The number of thiazole rings is 1. The van der Waals surface area contributed by atoms with E-state index in [-0.39, 0.29) is 12.3 Å². The van der Waals surface area contributed by atoms with Gasteiger partial charge in [0.25, 0.3) is 0 Å². The fourth-order valence-electron chi connectivity index (χ4n) is 1.62. The second kappa shape index (κ2) is 6.29. The van der Waals surface area contributed by atoms with Crippen LogP contribution in [0.25, 0.3) is 10.6 Å². The van der Waals surface area contributed by atoms with Crippen LogP contribution in [0.1, 0.15) is 12.6 Å². The number of nitrogens with one attached hydrogen (secondary N) is 1. The highest BCUT2D eigenvalue weighted by molar-refractivity contribution is 7.13. The van der Waals surface area contributed by atoms with Crippen molar-refractivity contribution in [3.63, 3.8) is 0 Å². The number of hydrogen-bond donors (Lipinski definition) is 2. The van der Waals surface area contributed by atoms with E-state index in [1.165, 1.54) is 18.3 Å². The fraction of sp³-hybridized carbons (Fsp3) is 0.214. The zero-order valence-electron chi connectivity index (χ0n) is 10.9. The first-order chi connectivity index (χ1) is 9.56. The SMILES string of the molecule is C[C@@H](NC(=O)Cc1csc(-c2ccccc2)n1)C(=O)O. The zero-order chi connectivity index (χ0) is 14.5. The second-order valence-corrected chi connectivity index (χ2v) is 5.17. The molecule has 0 bridgehead atoms. The molecule has 1 amide bonds. The molecule has 0 aliphatic heterocycles. The summed E-state index contributed by atoms with van der Waals surface area (Å²) in [6.45, 7) is 1.43. The van der Waals surface area contributed by atoms with E-state index in [1.807, 2.05) is 35.7 Å². The molecule has 0 radical (unpaired) electrons. The number of hydrogen-bond acceptors (Lipinski definition) is 4. The normalized spacial score (nSPS) is 11.8. The Kier molecular flexibility index (Phi) is 4.47. The molecule has 0 spiro atoms. The standard InChI is InChI=1S/C14H14N2O3S/c1-9(14(18)19)15-12(17)7-11-8-20-13(16-11)10-5-3-2-4-6-10/h2-6,8-9H,7H2,1H3,(H,15,17)(H,18,19)/t9-/m1/s1. The summed E-state index contributed by atoms with van der Waals surface area (Å²) in [5.74, 6) is -1.40. The lowest BCUT2D eigenvalue weighted by molar-refractivity contribution is -0.141. The van der Waals surface area contributed by atoms with Gasteiger partial charge in [-0.2, -0.15) is 0 Å². The molecule has 6 heteroatoms. The largest absolute Gasteiger partial charge is 0.480 e. The summed E-state index contributed by atoms with van der Waals surface area (Å²) < 4.78 is 0. The predicted octanol–water partition coefficient (Wildman–Crippen LogP) is 1.94. The minimum Gasteiger partial charge on any atom is -0.480 e. The van der Waals surface area contributed by atoms with Crippen molar-refractivity contribution in [3.8, 4) is 10.6 Å². The molecule has 0 aliphatic carbocycles. The molecular formula is C14H14N2O3S. The summed E-state index contributed by atoms with van der Waals surface area (Å²) in [6, 6.07) is 8.80. The maximum Gasteiger partial charge on any atom is 0.325 e. The number of carbonyl (C=O) groups excluding carboxylic acids is 1. The Morgan fingerprint density at radius 3 is 2.70 bits per heavy atom. The molecule has 20 heavy (non-hydrogen) atoms. The molecule has 2 N–H and O–H groups in total. The van der Waals surface area contributed by atoms with Crippen LogP contribution in [-0.2, 0) is 16.0 Å². The van der Waals surface area contributed by atoms with E-state index in [0.717, 1.165) is 10.6 Å². The number of aromatic nitrogens is 1. The highest BCUT2D eigenvalue weighted by Crippen LogP contribution is 2.23. The van der Waals surface area contributed by atoms with Gasteiger partial charge in [-0.05, 0) is 6.92 Å². The lowest BCUT2D eigenvalue weighted by atomic mass is 10.2. The van der Waals surface area contributed by atoms with Crippen LogP contribution in [-0.4, -0.2) is 28.0 Å². The highest BCUT2D eigenvalue weighted by atomic mass is 32.1. The first-order valence-corrected chi connectivity index (χ1v) is 6.96. The molecule has 0 saturated carbocycles. The van der Waals surface area contributed by atoms with Gasteiger partial charge in [-0.1, -0.05) is 30.3 Å². The summed E-state index contributed by atoms with van der Waals surface area (Å²) in [5.41, 5.74) is 1.65. The zero-order valence-corrected chi connectivity index (χ0v) is 11.7.